The van der Waals surface area contributed by atoms with Gasteiger partial charge in [0.25, 0.3) is 0 Å². The van der Waals surface area contributed by atoms with Gasteiger partial charge >= 0.3 is 5.97 Å². The first-order valence-corrected chi connectivity index (χ1v) is 8.96. The summed E-state index contributed by atoms with van der Waals surface area (Å²) in [6, 6.07) is 12.0. The van der Waals surface area contributed by atoms with Crippen molar-refractivity contribution in [3.05, 3.63) is 47.2 Å². The molecule has 2 aromatic rings. The summed E-state index contributed by atoms with van der Waals surface area (Å²) in [6.07, 6.45) is 2.24. The summed E-state index contributed by atoms with van der Waals surface area (Å²) in [5, 5.41) is 18.9. The van der Waals surface area contributed by atoms with Gasteiger partial charge in [0.2, 0.25) is 0 Å². The largest absolute Gasteiger partial charge is 0.481 e. The van der Waals surface area contributed by atoms with Crippen LogP contribution in [0.4, 0.5) is 0 Å². The van der Waals surface area contributed by atoms with Crippen molar-refractivity contribution in [3.63, 3.8) is 0 Å². The molecule has 3 rings (SSSR count). The second kappa shape index (κ2) is 7.49. The van der Waals surface area contributed by atoms with Crippen LogP contribution in [0.5, 0.6) is 0 Å². The Kier molecular flexibility index (Phi) is 5.15. The SMILES string of the molecule is N#Cc1c(SCC(=O)CC(=O)O)nc2c(c1-c1ccccc1)CCC2. The maximum absolute atomic E-state index is 11.7. The number of aromatic nitrogens is 1. The summed E-state index contributed by atoms with van der Waals surface area (Å²) in [4.78, 5) is 26.9. The number of nitriles is 1. The van der Waals surface area contributed by atoms with Crippen LogP contribution in [0.1, 0.15) is 29.7 Å². The predicted octanol–water partition coefficient (Wildman–Crippen LogP) is 3.24. The zero-order chi connectivity index (χ0) is 17.8. The number of rotatable bonds is 6. The standard InChI is InChI=1S/C19H16N2O3S/c20-10-15-18(12-5-2-1-3-6-12)14-7-4-8-16(14)21-19(15)25-11-13(22)9-17(23)24/h1-3,5-6H,4,7-9,11H2,(H,23,24). The molecule has 5 nitrogen and oxygen atoms in total. The van der Waals surface area contributed by atoms with E-state index in [9.17, 15) is 14.9 Å². The number of hydrogen-bond acceptors (Lipinski definition) is 5. The van der Waals surface area contributed by atoms with Crippen molar-refractivity contribution in [2.24, 2.45) is 0 Å². The minimum Gasteiger partial charge on any atom is -0.481 e. The van der Waals surface area contributed by atoms with E-state index >= 15 is 0 Å². The molecule has 1 aromatic carbocycles. The van der Waals surface area contributed by atoms with Crippen molar-refractivity contribution in [1.29, 1.82) is 5.26 Å². The average Bonchev–Trinajstić information content (AvgIpc) is 3.06. The number of thioether (sulfide) groups is 1. The number of Topliss-reactive ketones (excluding diaryl/α,β-unsaturated/α-hetero) is 1. The van der Waals surface area contributed by atoms with E-state index in [1.54, 1.807) is 0 Å². The topological polar surface area (TPSA) is 91.0 Å². The fourth-order valence-electron chi connectivity index (χ4n) is 3.06. The Morgan fingerprint density at radius 3 is 2.68 bits per heavy atom. The van der Waals surface area contributed by atoms with E-state index < -0.39 is 12.4 Å². The number of carbonyl (C=O) groups is 2. The number of ketones is 1. The molecule has 126 valence electrons. The van der Waals surface area contributed by atoms with Crippen LogP contribution in [-0.2, 0) is 22.4 Å². The Morgan fingerprint density at radius 2 is 2.00 bits per heavy atom. The van der Waals surface area contributed by atoms with E-state index in [2.05, 4.69) is 11.1 Å². The van der Waals surface area contributed by atoms with Crippen molar-refractivity contribution < 1.29 is 14.7 Å². The number of hydrogen-bond donors (Lipinski definition) is 1. The molecule has 1 aromatic heterocycles. The first-order valence-electron chi connectivity index (χ1n) is 7.97. The normalized spacial score (nSPS) is 12.4. The molecule has 1 heterocycles. The molecule has 1 N–H and O–H groups in total. The highest BCUT2D eigenvalue weighted by molar-refractivity contribution is 8.00. The lowest BCUT2D eigenvalue weighted by Crippen LogP contribution is -2.09. The monoisotopic (exact) mass is 352 g/mol. The van der Waals surface area contributed by atoms with Gasteiger partial charge in [-0.3, -0.25) is 9.59 Å². The van der Waals surface area contributed by atoms with Crippen molar-refractivity contribution in [1.82, 2.24) is 4.98 Å². The minimum atomic E-state index is -1.14. The molecule has 0 amide bonds. The molecule has 0 aliphatic heterocycles. The Hall–Kier alpha value is -2.65. The maximum atomic E-state index is 11.7. The fraction of sp³-hybridized carbons (Fsp3) is 0.263. The van der Waals surface area contributed by atoms with Gasteiger partial charge in [0.15, 0.2) is 5.78 Å². The smallest absolute Gasteiger partial charge is 0.310 e. The number of pyridine rings is 1. The van der Waals surface area contributed by atoms with Crippen LogP contribution in [0.2, 0.25) is 0 Å². The summed E-state index contributed by atoms with van der Waals surface area (Å²) in [6.45, 7) is 0. The molecule has 0 atom stereocenters. The number of nitrogens with zero attached hydrogens (tertiary/aromatic N) is 2. The first-order chi connectivity index (χ1) is 12.1. The highest BCUT2D eigenvalue weighted by Crippen LogP contribution is 2.38. The molecule has 1 aliphatic carbocycles. The van der Waals surface area contributed by atoms with E-state index in [-0.39, 0.29) is 11.5 Å². The van der Waals surface area contributed by atoms with Gasteiger partial charge in [-0.1, -0.05) is 42.1 Å². The van der Waals surface area contributed by atoms with Gasteiger partial charge in [-0.25, -0.2) is 4.98 Å². The van der Waals surface area contributed by atoms with Crippen LogP contribution in [0.3, 0.4) is 0 Å². The molecule has 25 heavy (non-hydrogen) atoms. The van der Waals surface area contributed by atoms with Crippen LogP contribution in [0, 0.1) is 11.3 Å². The van der Waals surface area contributed by atoms with Crippen molar-refractivity contribution >= 4 is 23.5 Å². The number of benzene rings is 1. The van der Waals surface area contributed by atoms with Crippen molar-refractivity contribution in [2.75, 3.05) is 5.75 Å². The molecule has 0 unspecified atom stereocenters. The van der Waals surface area contributed by atoms with Crippen LogP contribution in [-0.4, -0.2) is 27.6 Å². The van der Waals surface area contributed by atoms with Crippen LogP contribution in [0.15, 0.2) is 35.4 Å². The van der Waals surface area contributed by atoms with Gasteiger partial charge in [0.1, 0.15) is 17.5 Å². The molecule has 0 spiro atoms. The third-order valence-corrected chi connectivity index (χ3v) is 5.12. The molecular weight excluding hydrogens is 336 g/mol. The molecule has 6 heteroatoms. The van der Waals surface area contributed by atoms with Gasteiger partial charge in [0, 0.05) is 11.3 Å². The number of carboxylic acids is 1. The maximum Gasteiger partial charge on any atom is 0.310 e. The molecule has 0 bridgehead atoms. The lowest BCUT2D eigenvalue weighted by molar-refractivity contribution is -0.139. The molecule has 0 saturated heterocycles. The van der Waals surface area contributed by atoms with Crippen LogP contribution in [0.25, 0.3) is 11.1 Å². The average molecular weight is 352 g/mol. The Labute approximate surface area is 149 Å². The highest BCUT2D eigenvalue weighted by Gasteiger charge is 2.24. The zero-order valence-electron chi connectivity index (χ0n) is 13.5. The second-order valence-corrected chi connectivity index (χ2v) is 6.79. The highest BCUT2D eigenvalue weighted by atomic mass is 32.2. The lowest BCUT2D eigenvalue weighted by atomic mass is 9.95. The quantitative estimate of drug-likeness (QED) is 0.634. The predicted molar refractivity (Wildman–Crippen MR) is 94.4 cm³/mol. The van der Waals surface area contributed by atoms with E-state index in [1.165, 1.54) is 0 Å². The van der Waals surface area contributed by atoms with E-state index in [4.69, 9.17) is 5.11 Å². The number of carboxylic acid groups (broad SMARTS) is 1. The number of aryl methyl sites for hydroxylation is 1. The van der Waals surface area contributed by atoms with Gasteiger partial charge in [-0.2, -0.15) is 5.26 Å². The Morgan fingerprint density at radius 1 is 1.24 bits per heavy atom. The molecule has 1 aliphatic rings. The molecule has 0 radical (unpaired) electrons. The first kappa shape index (κ1) is 17.2. The van der Waals surface area contributed by atoms with Crippen molar-refractivity contribution in [3.8, 4) is 17.2 Å². The van der Waals surface area contributed by atoms with Crippen LogP contribution < -0.4 is 0 Å². The minimum absolute atomic E-state index is 0.000988. The van der Waals surface area contributed by atoms with E-state index in [1.807, 2.05) is 30.3 Å². The van der Waals surface area contributed by atoms with E-state index in [0.717, 1.165) is 53.4 Å². The third kappa shape index (κ3) is 3.72. The summed E-state index contributed by atoms with van der Waals surface area (Å²) < 4.78 is 0. The lowest BCUT2D eigenvalue weighted by Gasteiger charge is -2.14. The Bertz CT molecular complexity index is 872. The van der Waals surface area contributed by atoms with Gasteiger partial charge in [-0.05, 0) is 30.4 Å². The molecular formula is C19H16N2O3S. The van der Waals surface area contributed by atoms with Gasteiger partial charge in [0.05, 0.1) is 11.3 Å². The summed E-state index contributed by atoms with van der Waals surface area (Å²) in [5.74, 6) is -1.52. The third-order valence-electron chi connectivity index (χ3n) is 4.08. The molecule has 0 fully saturated rings. The number of carbonyl (C=O) groups excluding carboxylic acids is 1. The second-order valence-electron chi connectivity index (χ2n) is 5.82. The number of aliphatic carboxylic acids is 1. The van der Waals surface area contributed by atoms with E-state index in [0.29, 0.717) is 10.6 Å². The number of fused-ring (bicyclic) bond motifs is 1. The fourth-order valence-corrected chi connectivity index (χ4v) is 3.92. The summed E-state index contributed by atoms with van der Waals surface area (Å²) in [5.41, 5.74) is 4.44. The van der Waals surface area contributed by atoms with Crippen LogP contribution >= 0.6 is 11.8 Å². The summed E-state index contributed by atoms with van der Waals surface area (Å²) >= 11 is 1.15. The Balaban J connectivity index is 2.01. The van der Waals surface area contributed by atoms with Crippen molar-refractivity contribution in [2.45, 2.75) is 30.7 Å². The van der Waals surface area contributed by atoms with Gasteiger partial charge in [-0.15, -0.1) is 0 Å². The summed E-state index contributed by atoms with van der Waals surface area (Å²) in [7, 11) is 0. The van der Waals surface area contributed by atoms with Gasteiger partial charge < -0.3 is 5.11 Å². The molecule has 0 saturated carbocycles. The zero-order valence-corrected chi connectivity index (χ0v) is 14.3.